The van der Waals surface area contributed by atoms with Crippen molar-refractivity contribution in [3.63, 3.8) is 0 Å². The molecule has 0 bridgehead atoms. The molecule has 1 N–H and O–H groups in total. The largest absolute Gasteiger partial charge is 0.490 e. The Kier molecular flexibility index (Phi) is 6.51. The van der Waals surface area contributed by atoms with E-state index in [1.54, 1.807) is 54.6 Å². The summed E-state index contributed by atoms with van der Waals surface area (Å²) in [6.45, 7) is 4.01. The lowest BCUT2D eigenvalue weighted by Crippen LogP contribution is -2.49. The number of Topliss-reactive ketones (excluding diaryl/α,β-unsaturated/α-hetero) is 2. The second kappa shape index (κ2) is 10.4. The van der Waals surface area contributed by atoms with E-state index in [0.29, 0.717) is 39.8 Å². The minimum atomic E-state index is -1.39. The predicted molar refractivity (Wildman–Crippen MR) is 166 cm³/mol. The molecule has 6 nitrogen and oxygen atoms in total. The number of nitrogens with one attached hydrogen (secondary N) is 1. The van der Waals surface area contributed by atoms with Crippen LogP contribution in [0.4, 0.5) is 5.69 Å². The highest BCUT2D eigenvalue weighted by Gasteiger charge is 2.70. The fourth-order valence-corrected chi connectivity index (χ4v) is 7.13. The van der Waals surface area contributed by atoms with E-state index in [4.69, 9.17) is 16.3 Å². The maximum absolute atomic E-state index is 14.9. The number of para-hydroxylation sites is 1. The molecule has 0 saturated carbocycles. The molecule has 4 aromatic carbocycles. The molecule has 0 aromatic heterocycles. The average molecular weight is 587 g/mol. The molecular formula is C36H27ClN2O4. The van der Waals surface area contributed by atoms with E-state index in [2.05, 4.69) is 11.9 Å². The van der Waals surface area contributed by atoms with E-state index in [1.807, 2.05) is 65.7 Å². The van der Waals surface area contributed by atoms with Crippen molar-refractivity contribution in [3.8, 4) is 5.75 Å². The molecule has 1 fully saturated rings. The Morgan fingerprint density at radius 2 is 1.58 bits per heavy atom. The number of halogens is 1. The van der Waals surface area contributed by atoms with Gasteiger partial charge in [0, 0.05) is 28.0 Å². The summed E-state index contributed by atoms with van der Waals surface area (Å²) >= 11 is 6.16. The van der Waals surface area contributed by atoms with Gasteiger partial charge in [-0.1, -0.05) is 66.7 Å². The van der Waals surface area contributed by atoms with Gasteiger partial charge in [-0.3, -0.25) is 14.4 Å². The highest BCUT2D eigenvalue weighted by atomic mass is 35.5. The van der Waals surface area contributed by atoms with E-state index >= 15 is 0 Å². The SMILES string of the molecule is C=CCOc1ccc(C(=O)[C@@H]2[C@H](C(=O)c3ccc(Cl)cc3)N3C=Cc4ccccc4[C@H]3[C@@]23C(=O)Nc2ccccc23)cc1. The minimum Gasteiger partial charge on any atom is -0.490 e. The molecule has 4 atom stereocenters. The number of fused-ring (bicyclic) bond motifs is 6. The van der Waals surface area contributed by atoms with Crippen molar-refractivity contribution in [1.82, 2.24) is 4.90 Å². The Labute approximate surface area is 254 Å². The van der Waals surface area contributed by atoms with Gasteiger partial charge in [-0.05, 0) is 77.4 Å². The lowest BCUT2D eigenvalue weighted by Gasteiger charge is -2.38. The fraction of sp³-hybridized carbons (Fsp3) is 0.139. The van der Waals surface area contributed by atoms with Crippen LogP contribution in [0.3, 0.4) is 0 Å². The van der Waals surface area contributed by atoms with Crippen LogP contribution >= 0.6 is 11.6 Å². The smallest absolute Gasteiger partial charge is 0.238 e. The maximum atomic E-state index is 14.9. The molecule has 3 aliphatic rings. The predicted octanol–water partition coefficient (Wildman–Crippen LogP) is 6.89. The molecule has 0 aliphatic carbocycles. The topological polar surface area (TPSA) is 75.7 Å². The number of benzene rings is 4. The summed E-state index contributed by atoms with van der Waals surface area (Å²) in [4.78, 5) is 45.9. The fourth-order valence-electron chi connectivity index (χ4n) is 7.00. The summed E-state index contributed by atoms with van der Waals surface area (Å²) in [5.41, 5.74) is 2.58. The molecule has 7 heteroatoms. The Morgan fingerprint density at radius 1 is 0.907 bits per heavy atom. The highest BCUT2D eigenvalue weighted by molar-refractivity contribution is 6.30. The minimum absolute atomic E-state index is 0.260. The van der Waals surface area contributed by atoms with Gasteiger partial charge in [0.1, 0.15) is 23.8 Å². The van der Waals surface area contributed by atoms with Gasteiger partial charge in [0.15, 0.2) is 11.6 Å². The summed E-state index contributed by atoms with van der Waals surface area (Å²) in [7, 11) is 0. The first-order chi connectivity index (χ1) is 20.9. The van der Waals surface area contributed by atoms with Crippen molar-refractivity contribution >= 4 is 40.8 Å². The van der Waals surface area contributed by atoms with Crippen molar-refractivity contribution in [2.24, 2.45) is 5.92 Å². The molecule has 4 aromatic rings. The van der Waals surface area contributed by atoms with E-state index in [0.717, 1.165) is 11.1 Å². The lowest BCUT2D eigenvalue weighted by molar-refractivity contribution is -0.122. The third-order valence-electron chi connectivity index (χ3n) is 8.76. The van der Waals surface area contributed by atoms with Gasteiger partial charge in [0.05, 0.1) is 12.0 Å². The van der Waals surface area contributed by atoms with Crippen molar-refractivity contribution in [3.05, 3.63) is 149 Å². The number of carbonyl (C=O) groups excluding carboxylic acids is 3. The highest BCUT2D eigenvalue weighted by Crippen LogP contribution is 2.62. The molecule has 1 saturated heterocycles. The zero-order valence-corrected chi connectivity index (χ0v) is 23.8. The molecule has 212 valence electrons. The van der Waals surface area contributed by atoms with Crippen LogP contribution in [0.5, 0.6) is 5.75 Å². The van der Waals surface area contributed by atoms with Crippen LogP contribution in [0, 0.1) is 5.92 Å². The van der Waals surface area contributed by atoms with Gasteiger partial charge in [-0.2, -0.15) is 0 Å². The van der Waals surface area contributed by atoms with Crippen LogP contribution in [0.1, 0.15) is 43.4 Å². The number of ether oxygens (including phenoxy) is 1. The number of amides is 1. The number of hydrogen-bond acceptors (Lipinski definition) is 5. The van der Waals surface area contributed by atoms with Crippen molar-refractivity contribution in [2.75, 3.05) is 11.9 Å². The van der Waals surface area contributed by atoms with Crippen LogP contribution < -0.4 is 10.1 Å². The molecule has 43 heavy (non-hydrogen) atoms. The van der Waals surface area contributed by atoms with E-state index in [1.165, 1.54) is 0 Å². The van der Waals surface area contributed by atoms with Gasteiger partial charge in [-0.15, -0.1) is 0 Å². The second-order valence-corrected chi connectivity index (χ2v) is 11.4. The molecule has 7 rings (SSSR count). The number of rotatable bonds is 7. The van der Waals surface area contributed by atoms with Crippen LogP contribution in [-0.4, -0.2) is 35.0 Å². The summed E-state index contributed by atoms with van der Waals surface area (Å²) in [5, 5.41) is 3.57. The Morgan fingerprint density at radius 3 is 2.35 bits per heavy atom. The Hall–Kier alpha value is -4.94. The first-order valence-electron chi connectivity index (χ1n) is 14.1. The number of hydrogen-bond donors (Lipinski definition) is 1. The second-order valence-electron chi connectivity index (χ2n) is 10.9. The first-order valence-corrected chi connectivity index (χ1v) is 14.5. The summed E-state index contributed by atoms with van der Waals surface area (Å²) in [6.07, 6.45) is 5.45. The van der Waals surface area contributed by atoms with E-state index < -0.39 is 23.4 Å². The summed E-state index contributed by atoms with van der Waals surface area (Å²) < 4.78 is 5.64. The summed E-state index contributed by atoms with van der Waals surface area (Å²) in [6, 6.07) is 27.2. The van der Waals surface area contributed by atoms with Crippen molar-refractivity contribution in [2.45, 2.75) is 17.5 Å². The normalized spacial score (nSPS) is 22.9. The summed E-state index contributed by atoms with van der Waals surface area (Å²) in [5.74, 6) is -1.33. The van der Waals surface area contributed by atoms with E-state index in [9.17, 15) is 14.4 Å². The molecule has 1 spiro atoms. The maximum Gasteiger partial charge on any atom is 0.238 e. The first kappa shape index (κ1) is 26.9. The Bertz CT molecular complexity index is 1810. The van der Waals surface area contributed by atoms with Crippen LogP contribution in [0.25, 0.3) is 6.08 Å². The number of anilines is 1. The van der Waals surface area contributed by atoms with Crippen molar-refractivity contribution in [1.29, 1.82) is 0 Å². The molecule has 0 radical (unpaired) electrons. The number of nitrogens with zero attached hydrogens (tertiary/aromatic N) is 1. The number of carbonyl (C=O) groups is 3. The van der Waals surface area contributed by atoms with Crippen LogP contribution in [0.15, 0.2) is 116 Å². The van der Waals surface area contributed by atoms with Gasteiger partial charge in [0.2, 0.25) is 5.91 Å². The zero-order chi connectivity index (χ0) is 29.7. The molecule has 3 aliphatic heterocycles. The molecule has 3 heterocycles. The average Bonchev–Trinajstić information content (AvgIpc) is 3.52. The third-order valence-corrected chi connectivity index (χ3v) is 9.01. The Balaban J connectivity index is 1.47. The quantitative estimate of drug-likeness (QED) is 0.189. The zero-order valence-electron chi connectivity index (χ0n) is 23.1. The van der Waals surface area contributed by atoms with E-state index in [-0.39, 0.29) is 17.5 Å². The van der Waals surface area contributed by atoms with Gasteiger partial charge < -0.3 is 15.0 Å². The molecular weight excluding hydrogens is 560 g/mol. The van der Waals surface area contributed by atoms with Gasteiger partial charge in [-0.25, -0.2) is 0 Å². The van der Waals surface area contributed by atoms with Crippen LogP contribution in [-0.2, 0) is 10.2 Å². The van der Waals surface area contributed by atoms with Crippen LogP contribution in [0.2, 0.25) is 5.02 Å². The third kappa shape index (κ3) is 4.05. The monoisotopic (exact) mass is 586 g/mol. The standard InChI is InChI=1S/C36H27ClN2O4/c1-2-21-43-26-17-13-23(14-18-26)32(40)30-31(33(41)24-11-15-25(37)16-12-24)39-20-19-22-7-3-4-8-27(22)34(39)36(30)28-9-5-6-10-29(28)38-35(36)42/h2-20,30-31,34H,1,21H2,(H,38,42)/t30-,31+,34-,36-/m0/s1. The molecule has 0 unspecified atom stereocenters. The van der Waals surface area contributed by atoms with Gasteiger partial charge in [0.25, 0.3) is 0 Å². The van der Waals surface area contributed by atoms with Crippen molar-refractivity contribution < 1.29 is 19.1 Å². The van der Waals surface area contributed by atoms with Gasteiger partial charge >= 0.3 is 0 Å². The number of ketones is 2. The lowest BCUT2D eigenvalue weighted by atomic mass is 9.62. The molecule has 1 amide bonds.